The summed E-state index contributed by atoms with van der Waals surface area (Å²) in [6, 6.07) is 87.8. The van der Waals surface area contributed by atoms with E-state index in [1.165, 1.54) is 77.1 Å². The van der Waals surface area contributed by atoms with Gasteiger partial charge in [-0.2, -0.15) is 0 Å². The van der Waals surface area contributed by atoms with Crippen molar-refractivity contribution in [1.82, 2.24) is 4.57 Å². The molecule has 11 rings (SSSR count). The number of anilines is 3. The first-order valence-electron chi connectivity index (χ1n) is 20.6. The van der Waals surface area contributed by atoms with Crippen molar-refractivity contribution < 1.29 is 0 Å². The van der Waals surface area contributed by atoms with E-state index in [4.69, 9.17) is 0 Å². The van der Waals surface area contributed by atoms with E-state index in [-0.39, 0.29) is 0 Å². The highest BCUT2D eigenvalue weighted by Gasteiger charge is 2.16. The molecule has 0 saturated heterocycles. The van der Waals surface area contributed by atoms with Crippen LogP contribution >= 0.6 is 0 Å². The van der Waals surface area contributed by atoms with Crippen LogP contribution in [0.3, 0.4) is 0 Å². The second-order valence-electron chi connectivity index (χ2n) is 15.4. The molecule has 282 valence electrons. The molecule has 11 aromatic rings. The number of hydrogen-bond acceptors (Lipinski definition) is 1. The van der Waals surface area contributed by atoms with Gasteiger partial charge in [-0.15, -0.1) is 0 Å². The number of rotatable bonds is 8. The minimum Gasteiger partial charge on any atom is -0.311 e. The summed E-state index contributed by atoms with van der Waals surface area (Å²) in [6.45, 7) is 0. The average molecular weight is 765 g/mol. The second-order valence-corrected chi connectivity index (χ2v) is 15.4. The highest BCUT2D eigenvalue weighted by molar-refractivity contribution is 6.09. The molecule has 0 fully saturated rings. The van der Waals surface area contributed by atoms with Crippen molar-refractivity contribution in [3.8, 4) is 50.2 Å². The fourth-order valence-corrected chi connectivity index (χ4v) is 8.71. The zero-order valence-corrected chi connectivity index (χ0v) is 33.0. The number of aromatic nitrogens is 1. The molecule has 1 heterocycles. The van der Waals surface area contributed by atoms with Gasteiger partial charge < -0.3 is 9.47 Å². The van der Waals surface area contributed by atoms with Crippen LogP contribution in [0.1, 0.15) is 0 Å². The first-order valence-corrected chi connectivity index (χ1v) is 20.6. The van der Waals surface area contributed by atoms with Gasteiger partial charge in [0.05, 0.1) is 11.0 Å². The van der Waals surface area contributed by atoms with Crippen LogP contribution in [0.25, 0.3) is 82.8 Å². The van der Waals surface area contributed by atoms with Crippen molar-refractivity contribution in [3.63, 3.8) is 0 Å². The van der Waals surface area contributed by atoms with Crippen molar-refractivity contribution in [3.05, 3.63) is 243 Å². The lowest BCUT2D eigenvalue weighted by molar-refractivity contribution is 1.17. The Bertz CT molecular complexity index is 3200. The zero-order valence-electron chi connectivity index (χ0n) is 33.0. The molecule has 0 amide bonds. The third kappa shape index (κ3) is 6.51. The summed E-state index contributed by atoms with van der Waals surface area (Å²) in [5.74, 6) is 0. The number of benzene rings is 10. The quantitative estimate of drug-likeness (QED) is 0.150. The molecular weight excluding hydrogens is 725 g/mol. The van der Waals surface area contributed by atoms with Crippen molar-refractivity contribution in [2.24, 2.45) is 0 Å². The normalized spacial score (nSPS) is 11.3. The molecule has 0 aliphatic rings. The number of hydrogen-bond donors (Lipinski definition) is 0. The monoisotopic (exact) mass is 764 g/mol. The van der Waals surface area contributed by atoms with Crippen LogP contribution in [-0.4, -0.2) is 4.57 Å². The van der Waals surface area contributed by atoms with Crippen LogP contribution in [-0.2, 0) is 0 Å². The van der Waals surface area contributed by atoms with Gasteiger partial charge in [0.1, 0.15) is 0 Å². The van der Waals surface area contributed by atoms with Gasteiger partial charge in [-0.3, -0.25) is 0 Å². The van der Waals surface area contributed by atoms with Gasteiger partial charge in [0, 0.05) is 33.5 Å². The van der Waals surface area contributed by atoms with Gasteiger partial charge in [-0.05, 0) is 122 Å². The Balaban J connectivity index is 0.933. The first-order chi connectivity index (χ1) is 29.7. The maximum atomic E-state index is 2.37. The Hall–Kier alpha value is -7.94. The molecule has 0 aliphatic heterocycles. The van der Waals surface area contributed by atoms with Gasteiger partial charge in [-0.25, -0.2) is 0 Å². The summed E-state index contributed by atoms with van der Waals surface area (Å²) in [5.41, 5.74) is 16.5. The van der Waals surface area contributed by atoms with E-state index < -0.39 is 0 Å². The predicted octanol–water partition coefficient (Wildman–Crippen LogP) is 16.1. The van der Waals surface area contributed by atoms with E-state index in [1.54, 1.807) is 0 Å². The molecule has 60 heavy (non-hydrogen) atoms. The van der Waals surface area contributed by atoms with Crippen LogP contribution in [0.15, 0.2) is 243 Å². The smallest absolute Gasteiger partial charge is 0.0541 e. The summed E-state index contributed by atoms with van der Waals surface area (Å²) in [4.78, 5) is 2.35. The summed E-state index contributed by atoms with van der Waals surface area (Å²) >= 11 is 0. The molecular formula is C58H40N2. The largest absolute Gasteiger partial charge is 0.311 e. The summed E-state index contributed by atoms with van der Waals surface area (Å²) in [6.07, 6.45) is 0. The van der Waals surface area contributed by atoms with Crippen molar-refractivity contribution in [2.45, 2.75) is 0 Å². The van der Waals surface area contributed by atoms with Crippen LogP contribution in [0, 0.1) is 0 Å². The SMILES string of the molecule is c1ccc(-c2ccc(-c3ccc(N(c4ccc(-c5ccc(-c6ccc7ccccc7c6)cc5)cc4)c4ccc(-n5c6ccccc6c6ccccc65)cc4)cc3)cc2)cc1. The van der Waals surface area contributed by atoms with E-state index in [0.717, 1.165) is 22.7 Å². The standard InChI is InChI=1S/C58H40N2/c1-2-10-41(11-3-1)43-18-20-44(21-19-43)46-28-32-51(33-29-46)59(53-36-38-54(39-37-53)60-57-16-8-6-14-55(57)56-15-7-9-17-58(56)60)52-34-30-47(31-35-52)45-22-24-48(25-23-45)50-27-26-42-12-4-5-13-49(42)40-50/h1-40H. The lowest BCUT2D eigenvalue weighted by atomic mass is 9.98. The lowest BCUT2D eigenvalue weighted by Crippen LogP contribution is -2.10. The van der Waals surface area contributed by atoms with Gasteiger partial charge in [0.2, 0.25) is 0 Å². The third-order valence-corrected chi connectivity index (χ3v) is 11.8. The topological polar surface area (TPSA) is 8.17 Å². The molecule has 0 saturated carbocycles. The Morgan fingerprint density at radius 1 is 0.250 bits per heavy atom. The van der Waals surface area contributed by atoms with Crippen LogP contribution in [0.2, 0.25) is 0 Å². The highest BCUT2D eigenvalue weighted by atomic mass is 15.1. The molecule has 2 nitrogen and oxygen atoms in total. The Labute approximate surface area is 350 Å². The van der Waals surface area contributed by atoms with Crippen LogP contribution in [0.4, 0.5) is 17.1 Å². The average Bonchev–Trinajstić information content (AvgIpc) is 3.67. The Morgan fingerprint density at radius 2 is 0.600 bits per heavy atom. The third-order valence-electron chi connectivity index (χ3n) is 11.8. The van der Waals surface area contributed by atoms with Gasteiger partial charge in [0.25, 0.3) is 0 Å². The highest BCUT2D eigenvalue weighted by Crippen LogP contribution is 2.39. The number of fused-ring (bicyclic) bond motifs is 4. The van der Waals surface area contributed by atoms with Gasteiger partial charge >= 0.3 is 0 Å². The van der Waals surface area contributed by atoms with Gasteiger partial charge in [-0.1, -0.05) is 176 Å². The van der Waals surface area contributed by atoms with Gasteiger partial charge in [0.15, 0.2) is 0 Å². The summed E-state index contributed by atoms with van der Waals surface area (Å²) in [7, 11) is 0. The van der Waals surface area contributed by atoms with E-state index >= 15 is 0 Å². The Morgan fingerprint density at radius 3 is 1.10 bits per heavy atom. The first kappa shape index (κ1) is 35.2. The molecule has 0 spiro atoms. The molecule has 0 atom stereocenters. The molecule has 1 aromatic heterocycles. The molecule has 2 heteroatoms. The Kier molecular flexibility index (Phi) is 8.87. The predicted molar refractivity (Wildman–Crippen MR) is 255 cm³/mol. The molecule has 0 bridgehead atoms. The lowest BCUT2D eigenvalue weighted by Gasteiger charge is -2.26. The molecule has 0 radical (unpaired) electrons. The minimum absolute atomic E-state index is 1.09. The maximum absolute atomic E-state index is 2.37. The fraction of sp³-hybridized carbons (Fsp3) is 0. The van der Waals surface area contributed by atoms with E-state index in [9.17, 15) is 0 Å². The summed E-state index contributed by atoms with van der Waals surface area (Å²) in [5, 5.41) is 5.04. The molecule has 10 aromatic carbocycles. The number of nitrogens with zero attached hydrogens (tertiary/aromatic N) is 2. The summed E-state index contributed by atoms with van der Waals surface area (Å²) < 4.78 is 2.37. The minimum atomic E-state index is 1.09. The van der Waals surface area contributed by atoms with Crippen molar-refractivity contribution in [2.75, 3.05) is 4.90 Å². The van der Waals surface area contributed by atoms with E-state index in [2.05, 4.69) is 252 Å². The second kappa shape index (κ2) is 15.1. The van der Waals surface area contributed by atoms with E-state index in [1.807, 2.05) is 0 Å². The fourth-order valence-electron chi connectivity index (χ4n) is 8.71. The van der Waals surface area contributed by atoms with E-state index in [0.29, 0.717) is 0 Å². The maximum Gasteiger partial charge on any atom is 0.0541 e. The van der Waals surface area contributed by atoms with Crippen LogP contribution < -0.4 is 4.90 Å². The van der Waals surface area contributed by atoms with Crippen LogP contribution in [0.5, 0.6) is 0 Å². The van der Waals surface area contributed by atoms with Crippen molar-refractivity contribution >= 4 is 49.6 Å². The molecule has 0 unspecified atom stereocenters. The zero-order chi connectivity index (χ0) is 39.8. The number of para-hydroxylation sites is 2. The van der Waals surface area contributed by atoms with Crippen molar-refractivity contribution in [1.29, 1.82) is 0 Å². The molecule has 0 aliphatic carbocycles. The molecule has 0 N–H and O–H groups in total.